The van der Waals surface area contributed by atoms with Crippen LogP contribution in [0.15, 0.2) is 60.8 Å². The van der Waals surface area contributed by atoms with Crippen molar-refractivity contribution in [2.75, 3.05) is 18.4 Å². The molecule has 1 atom stereocenters. The van der Waals surface area contributed by atoms with Crippen LogP contribution in [0.5, 0.6) is 0 Å². The van der Waals surface area contributed by atoms with E-state index in [0.29, 0.717) is 6.04 Å². The van der Waals surface area contributed by atoms with Gasteiger partial charge in [-0.3, -0.25) is 0 Å². The van der Waals surface area contributed by atoms with Gasteiger partial charge in [0.15, 0.2) is 0 Å². The summed E-state index contributed by atoms with van der Waals surface area (Å²) in [4.78, 5) is 4.93. The molecule has 142 valence electrons. The van der Waals surface area contributed by atoms with Crippen LogP contribution in [0.4, 0.5) is 5.82 Å². The third-order valence-corrected chi connectivity index (χ3v) is 5.77. The monoisotopic (exact) mass is 390 g/mol. The molecule has 0 spiro atoms. The molecule has 28 heavy (non-hydrogen) atoms. The first kappa shape index (κ1) is 17.5. The van der Waals surface area contributed by atoms with Gasteiger partial charge in [0, 0.05) is 41.1 Å². The van der Waals surface area contributed by atoms with E-state index in [-0.39, 0.29) is 0 Å². The number of para-hydroxylation sites is 1. The van der Waals surface area contributed by atoms with Crippen molar-refractivity contribution in [3.8, 4) is 0 Å². The highest BCUT2D eigenvalue weighted by molar-refractivity contribution is 6.30. The second-order valence-corrected chi connectivity index (χ2v) is 7.92. The van der Waals surface area contributed by atoms with Crippen molar-refractivity contribution in [1.82, 2.24) is 14.9 Å². The minimum absolute atomic E-state index is 0.525. The Morgan fingerprint density at radius 1 is 1.11 bits per heavy atom. The van der Waals surface area contributed by atoms with E-state index in [9.17, 15) is 0 Å². The molecule has 5 heteroatoms. The lowest BCUT2D eigenvalue weighted by Gasteiger charge is -2.15. The second-order valence-electron chi connectivity index (χ2n) is 7.49. The zero-order valence-corrected chi connectivity index (χ0v) is 16.4. The highest BCUT2D eigenvalue weighted by atomic mass is 35.5. The van der Waals surface area contributed by atoms with Crippen LogP contribution < -0.4 is 10.6 Å². The van der Waals surface area contributed by atoms with Crippen molar-refractivity contribution in [2.45, 2.75) is 25.4 Å². The minimum Gasteiger partial charge on any atom is -0.368 e. The molecular formula is C23H23ClN4. The summed E-state index contributed by atoms with van der Waals surface area (Å²) >= 11 is 6.19. The van der Waals surface area contributed by atoms with Gasteiger partial charge in [0.25, 0.3) is 0 Å². The molecule has 1 aliphatic rings. The maximum atomic E-state index is 6.19. The van der Waals surface area contributed by atoms with Crippen molar-refractivity contribution < 1.29 is 0 Å². The number of anilines is 1. The topological polar surface area (TPSA) is 41.9 Å². The van der Waals surface area contributed by atoms with Gasteiger partial charge in [-0.1, -0.05) is 41.9 Å². The maximum absolute atomic E-state index is 6.19. The molecule has 1 fully saturated rings. The van der Waals surface area contributed by atoms with Gasteiger partial charge in [-0.2, -0.15) is 0 Å². The highest BCUT2D eigenvalue weighted by Crippen LogP contribution is 2.31. The van der Waals surface area contributed by atoms with Crippen LogP contribution in [-0.2, 0) is 6.54 Å². The smallest absolute Gasteiger partial charge is 0.136 e. The number of benzene rings is 2. The number of nitrogens with one attached hydrogen (secondary N) is 2. The first-order chi connectivity index (χ1) is 13.8. The SMILES string of the molecule is Clc1cccc(Cn2ccc3c(NC[C@@H]4CCCN4)nc4ccccc4c32)c1. The fraction of sp³-hybridized carbons (Fsp3) is 0.261. The molecule has 0 radical (unpaired) electrons. The van der Waals surface area contributed by atoms with Gasteiger partial charge in [-0.25, -0.2) is 4.98 Å². The third-order valence-electron chi connectivity index (χ3n) is 5.53. The summed E-state index contributed by atoms with van der Waals surface area (Å²) in [6.07, 6.45) is 4.63. The van der Waals surface area contributed by atoms with E-state index < -0.39 is 0 Å². The normalized spacial score (nSPS) is 16.8. The molecule has 0 saturated carbocycles. The van der Waals surface area contributed by atoms with Gasteiger partial charge in [-0.15, -0.1) is 0 Å². The lowest BCUT2D eigenvalue weighted by atomic mass is 10.1. The average molecular weight is 391 g/mol. The summed E-state index contributed by atoms with van der Waals surface area (Å²) in [6.45, 7) is 2.80. The molecule has 4 nitrogen and oxygen atoms in total. The number of pyridine rings is 1. The van der Waals surface area contributed by atoms with E-state index in [1.165, 1.54) is 34.7 Å². The quantitative estimate of drug-likeness (QED) is 0.500. The predicted octanol–water partition coefficient (Wildman–Crippen LogP) is 5.06. The predicted molar refractivity (Wildman–Crippen MR) is 117 cm³/mol. The van der Waals surface area contributed by atoms with Gasteiger partial charge in [0.2, 0.25) is 0 Å². The van der Waals surface area contributed by atoms with Crippen LogP contribution >= 0.6 is 11.6 Å². The van der Waals surface area contributed by atoms with Crippen molar-refractivity contribution in [2.24, 2.45) is 0 Å². The second kappa shape index (κ2) is 7.46. The number of halogens is 1. The molecule has 2 aromatic heterocycles. The molecule has 3 heterocycles. The Morgan fingerprint density at radius 3 is 2.89 bits per heavy atom. The lowest BCUT2D eigenvalue weighted by Crippen LogP contribution is -2.29. The van der Waals surface area contributed by atoms with Crippen molar-refractivity contribution in [3.05, 3.63) is 71.4 Å². The summed E-state index contributed by atoms with van der Waals surface area (Å²) in [6, 6.07) is 19.1. The van der Waals surface area contributed by atoms with Crippen molar-refractivity contribution in [3.63, 3.8) is 0 Å². The molecule has 0 aliphatic carbocycles. The first-order valence-corrected chi connectivity index (χ1v) is 10.2. The van der Waals surface area contributed by atoms with Gasteiger partial charge in [-0.05, 0) is 49.2 Å². The molecule has 2 aromatic carbocycles. The molecule has 4 aromatic rings. The fourth-order valence-electron chi connectivity index (χ4n) is 4.16. The van der Waals surface area contributed by atoms with E-state index in [4.69, 9.17) is 16.6 Å². The standard InChI is InChI=1S/C23H23ClN4/c24-17-6-3-5-16(13-17)15-28-12-10-20-22(28)19-8-1-2-9-21(19)27-23(20)26-14-18-7-4-11-25-18/h1-3,5-6,8-10,12-13,18,25H,4,7,11,14-15H2,(H,26,27)/t18-/m0/s1. The number of aromatic nitrogens is 2. The van der Waals surface area contributed by atoms with E-state index in [2.05, 4.69) is 51.7 Å². The first-order valence-electron chi connectivity index (χ1n) is 9.87. The van der Waals surface area contributed by atoms with Gasteiger partial charge in [0.1, 0.15) is 5.82 Å². The van der Waals surface area contributed by atoms with Crippen LogP contribution in [-0.4, -0.2) is 28.7 Å². The van der Waals surface area contributed by atoms with Crippen molar-refractivity contribution >= 4 is 39.2 Å². The van der Waals surface area contributed by atoms with Gasteiger partial charge >= 0.3 is 0 Å². The summed E-state index contributed by atoms with van der Waals surface area (Å²) in [5.74, 6) is 0.965. The Balaban J connectivity index is 1.58. The average Bonchev–Trinajstić information content (AvgIpc) is 3.37. The highest BCUT2D eigenvalue weighted by Gasteiger charge is 2.16. The molecule has 5 rings (SSSR count). The Bertz CT molecular complexity index is 1130. The van der Waals surface area contributed by atoms with Crippen LogP contribution in [0.2, 0.25) is 5.02 Å². The van der Waals surface area contributed by atoms with E-state index in [1.54, 1.807) is 0 Å². The number of hydrogen-bond acceptors (Lipinski definition) is 3. The largest absolute Gasteiger partial charge is 0.368 e. The Hall–Kier alpha value is -2.56. The van der Waals surface area contributed by atoms with E-state index in [0.717, 1.165) is 36.0 Å². The molecule has 0 amide bonds. The Kier molecular flexibility index (Phi) is 4.67. The summed E-state index contributed by atoms with van der Waals surface area (Å²) in [5, 5.41) is 10.3. The Morgan fingerprint density at radius 2 is 2.04 bits per heavy atom. The molecule has 1 aliphatic heterocycles. The summed E-state index contributed by atoms with van der Waals surface area (Å²) < 4.78 is 2.30. The number of nitrogens with zero attached hydrogens (tertiary/aromatic N) is 2. The molecule has 0 unspecified atom stereocenters. The van der Waals surface area contributed by atoms with Gasteiger partial charge < -0.3 is 15.2 Å². The summed E-state index contributed by atoms with van der Waals surface area (Å²) in [5.41, 5.74) is 3.42. The molecule has 2 N–H and O–H groups in total. The Labute approximate surface area is 169 Å². The number of hydrogen-bond donors (Lipinski definition) is 2. The van der Waals surface area contributed by atoms with E-state index in [1.807, 2.05) is 24.3 Å². The summed E-state index contributed by atoms with van der Waals surface area (Å²) in [7, 11) is 0. The van der Waals surface area contributed by atoms with E-state index >= 15 is 0 Å². The van der Waals surface area contributed by atoms with Crippen molar-refractivity contribution in [1.29, 1.82) is 0 Å². The van der Waals surface area contributed by atoms with Crippen LogP contribution in [0.25, 0.3) is 21.8 Å². The zero-order valence-electron chi connectivity index (χ0n) is 15.7. The number of rotatable bonds is 5. The number of fused-ring (bicyclic) bond motifs is 3. The third kappa shape index (κ3) is 3.34. The molecule has 0 bridgehead atoms. The van der Waals surface area contributed by atoms with Gasteiger partial charge in [0.05, 0.1) is 11.0 Å². The lowest BCUT2D eigenvalue weighted by molar-refractivity contribution is 0.633. The fourth-order valence-corrected chi connectivity index (χ4v) is 4.38. The maximum Gasteiger partial charge on any atom is 0.136 e. The minimum atomic E-state index is 0.525. The van der Waals surface area contributed by atoms with Crippen LogP contribution in [0.3, 0.4) is 0 Å². The van der Waals surface area contributed by atoms with Crippen LogP contribution in [0, 0.1) is 0 Å². The molecular weight excluding hydrogens is 368 g/mol. The molecule has 1 saturated heterocycles. The zero-order chi connectivity index (χ0) is 18.9. The van der Waals surface area contributed by atoms with Crippen LogP contribution in [0.1, 0.15) is 18.4 Å².